The smallest absolute Gasteiger partial charge is 0.495 e. The Labute approximate surface area is 111 Å². The predicted molar refractivity (Wildman–Crippen MR) is 66.5 cm³/mol. The molecule has 0 N–H and O–H groups in total. The number of ether oxygens (including phenoxy) is 1. The Balaban J connectivity index is 2.50. The van der Waals surface area contributed by atoms with E-state index in [-0.39, 0.29) is 11.6 Å². The molecular formula is C12H18BNO3. The highest BCUT2D eigenvalue weighted by Gasteiger charge is 2.51. The summed E-state index contributed by atoms with van der Waals surface area (Å²) in [6, 6.07) is -0.440. The lowest BCUT2D eigenvalue weighted by atomic mass is 9.80. The fraction of sp³-hybridized carbons (Fsp3) is 0.583. The number of hydrogen-bond acceptors (Lipinski definition) is 4. The molecule has 2 rings (SSSR count). The van der Waals surface area contributed by atoms with Crippen molar-refractivity contribution in [3.63, 3.8) is 0 Å². The molecule has 1 aliphatic rings. The number of hydrogen-bond donors (Lipinski definition) is 0. The topological polar surface area (TPSA) is 40.6 Å². The van der Waals surface area contributed by atoms with Crippen LogP contribution in [0.2, 0.25) is 0 Å². The second-order valence-electron chi connectivity index (χ2n) is 4.89. The Morgan fingerprint density at radius 1 is 1.29 bits per heavy atom. The van der Waals surface area contributed by atoms with Crippen molar-refractivity contribution in [3.05, 3.63) is 18.4 Å². The van der Waals surface area contributed by atoms with Gasteiger partial charge in [0, 0.05) is 11.6 Å². The molecule has 0 amide bonds. The van der Waals surface area contributed by atoms with E-state index in [0.29, 0.717) is 0 Å². The number of methoxy groups -OCH3 is 1. The van der Waals surface area contributed by atoms with Crippen LogP contribution >= 0.6 is 0 Å². The Bertz CT molecular complexity index is 618. The second kappa shape index (κ2) is 4.00. The maximum absolute atomic E-state index is 8.12. The third-order valence-corrected chi connectivity index (χ3v) is 3.17. The molecule has 1 fully saturated rings. The van der Waals surface area contributed by atoms with Gasteiger partial charge in [0.1, 0.15) is 5.75 Å². The quantitative estimate of drug-likeness (QED) is 0.733. The lowest BCUT2D eigenvalue weighted by molar-refractivity contribution is 0.00578. The first kappa shape index (κ1) is 6.76. The van der Waals surface area contributed by atoms with E-state index in [1.165, 1.54) is 0 Å². The number of aromatic nitrogens is 1. The Hall–Kier alpha value is -1.07. The molecule has 4 nitrogen and oxygen atoms in total. The van der Waals surface area contributed by atoms with Gasteiger partial charge in [-0.2, -0.15) is 0 Å². The first-order valence-electron chi connectivity index (χ1n) is 8.27. The third-order valence-electron chi connectivity index (χ3n) is 3.17. The van der Waals surface area contributed by atoms with Gasteiger partial charge in [0.2, 0.25) is 0 Å². The summed E-state index contributed by atoms with van der Waals surface area (Å²) in [5.41, 5.74) is -1.44. The van der Waals surface area contributed by atoms with E-state index in [4.69, 9.17) is 22.3 Å². The van der Waals surface area contributed by atoms with Crippen molar-refractivity contribution in [2.75, 3.05) is 7.04 Å². The molecule has 1 saturated heterocycles. The molecule has 0 atom stereocenters. The highest BCUT2D eigenvalue weighted by Crippen LogP contribution is 2.36. The van der Waals surface area contributed by atoms with Crippen molar-refractivity contribution in [2.24, 2.45) is 0 Å². The largest absolute Gasteiger partial charge is 0.496 e. The Morgan fingerprint density at radius 3 is 2.53 bits per heavy atom. The van der Waals surface area contributed by atoms with Crippen molar-refractivity contribution in [2.45, 2.75) is 38.9 Å². The van der Waals surface area contributed by atoms with Crippen LogP contribution in [0, 0.1) is 0 Å². The fourth-order valence-corrected chi connectivity index (χ4v) is 1.44. The van der Waals surface area contributed by atoms with Gasteiger partial charge in [0.25, 0.3) is 0 Å². The summed E-state index contributed by atoms with van der Waals surface area (Å²) >= 11 is 0. The number of pyridine rings is 1. The molecule has 1 aromatic rings. The zero-order chi connectivity index (χ0) is 17.8. The van der Waals surface area contributed by atoms with Gasteiger partial charge < -0.3 is 14.0 Å². The molecule has 2 heterocycles. The van der Waals surface area contributed by atoms with Crippen LogP contribution in [0.1, 0.15) is 35.9 Å². The highest BCUT2D eigenvalue weighted by atomic mass is 16.7. The highest BCUT2D eigenvalue weighted by molar-refractivity contribution is 6.62. The molecule has 0 bridgehead atoms. The summed E-state index contributed by atoms with van der Waals surface area (Å²) < 4.78 is 61.3. The standard InChI is InChI=1S/C12H18BNO3/c1-11(2)12(3,4)17-13(16-11)9-6-10(15-5)8-14-7-9/h6-8H,1-5H3/i5D3,6D,7D,8D. The summed E-state index contributed by atoms with van der Waals surface area (Å²) in [5.74, 6) is -0.522. The van der Waals surface area contributed by atoms with Gasteiger partial charge in [0.05, 0.1) is 32.6 Å². The Morgan fingerprint density at radius 2 is 1.94 bits per heavy atom. The van der Waals surface area contributed by atoms with Crippen molar-refractivity contribution in [1.29, 1.82) is 0 Å². The molecule has 1 aliphatic heterocycles. The SMILES string of the molecule is [2H]c1nc([2H])c(B2OC(C)(C)C(C)(C)O2)c([2H])c1OC([2H])([2H])[2H]. The molecule has 1 aromatic heterocycles. The normalized spacial score (nSPS) is 27.4. The number of rotatable bonds is 2. The van der Waals surface area contributed by atoms with Gasteiger partial charge in [-0.3, -0.25) is 4.98 Å². The Kier molecular flexibility index (Phi) is 1.59. The summed E-state index contributed by atoms with van der Waals surface area (Å²) in [5, 5.41) is 0. The molecule has 92 valence electrons. The molecule has 0 spiro atoms. The lowest BCUT2D eigenvalue weighted by Gasteiger charge is -2.32. The van der Waals surface area contributed by atoms with Crippen molar-refractivity contribution in [3.8, 4) is 5.75 Å². The summed E-state index contributed by atoms with van der Waals surface area (Å²) in [6.45, 7) is 7.25. The van der Waals surface area contributed by atoms with E-state index >= 15 is 0 Å². The minimum absolute atomic E-state index is 0.0566. The van der Waals surface area contributed by atoms with E-state index in [2.05, 4.69) is 4.98 Å². The van der Waals surface area contributed by atoms with Gasteiger partial charge in [0.15, 0.2) is 0 Å². The van der Waals surface area contributed by atoms with Crippen LogP contribution in [-0.4, -0.2) is 30.3 Å². The van der Waals surface area contributed by atoms with E-state index < -0.39 is 43.3 Å². The van der Waals surface area contributed by atoms with Crippen LogP contribution in [0.4, 0.5) is 0 Å². The molecule has 0 saturated carbocycles. The van der Waals surface area contributed by atoms with Gasteiger partial charge in [-0.05, 0) is 33.7 Å². The molecular weight excluding hydrogens is 217 g/mol. The van der Waals surface area contributed by atoms with E-state index in [0.717, 1.165) is 0 Å². The van der Waals surface area contributed by atoms with Gasteiger partial charge in [-0.15, -0.1) is 0 Å². The van der Waals surface area contributed by atoms with Crippen molar-refractivity contribution in [1.82, 2.24) is 4.98 Å². The van der Waals surface area contributed by atoms with Crippen LogP contribution in [-0.2, 0) is 9.31 Å². The first-order valence-corrected chi connectivity index (χ1v) is 5.27. The van der Waals surface area contributed by atoms with E-state index in [1.807, 2.05) is 27.7 Å². The van der Waals surface area contributed by atoms with Crippen LogP contribution in [0.3, 0.4) is 0 Å². The maximum atomic E-state index is 8.12. The minimum Gasteiger partial charge on any atom is -0.495 e. The van der Waals surface area contributed by atoms with Crippen LogP contribution in [0.5, 0.6) is 5.75 Å². The predicted octanol–water partition coefficient (Wildman–Crippen LogP) is 1.39. The van der Waals surface area contributed by atoms with Crippen molar-refractivity contribution < 1.29 is 22.3 Å². The monoisotopic (exact) mass is 241 g/mol. The van der Waals surface area contributed by atoms with Crippen LogP contribution in [0.15, 0.2) is 18.4 Å². The average molecular weight is 241 g/mol. The molecule has 0 unspecified atom stereocenters. The minimum atomic E-state index is -2.83. The first-order chi connectivity index (χ1) is 10.3. The summed E-state index contributed by atoms with van der Waals surface area (Å²) in [7, 11) is -3.89. The summed E-state index contributed by atoms with van der Waals surface area (Å²) in [4.78, 5) is 3.64. The third kappa shape index (κ3) is 2.17. The number of nitrogens with zero attached hydrogens (tertiary/aromatic N) is 1. The zero-order valence-electron chi connectivity index (χ0n) is 16.2. The zero-order valence-corrected chi connectivity index (χ0v) is 10.2. The van der Waals surface area contributed by atoms with Gasteiger partial charge in [-0.1, -0.05) is 0 Å². The van der Waals surface area contributed by atoms with Gasteiger partial charge in [-0.25, -0.2) is 0 Å². The second-order valence-corrected chi connectivity index (χ2v) is 4.89. The lowest BCUT2D eigenvalue weighted by Crippen LogP contribution is -2.41. The molecule has 5 heteroatoms. The molecule has 0 radical (unpaired) electrons. The van der Waals surface area contributed by atoms with E-state index in [9.17, 15) is 0 Å². The van der Waals surface area contributed by atoms with E-state index in [1.54, 1.807) is 0 Å². The van der Waals surface area contributed by atoms with Crippen LogP contribution in [0.25, 0.3) is 0 Å². The summed E-state index contributed by atoms with van der Waals surface area (Å²) in [6.07, 6.45) is -0.965. The molecule has 17 heavy (non-hydrogen) atoms. The molecule has 0 aromatic carbocycles. The van der Waals surface area contributed by atoms with Crippen LogP contribution < -0.4 is 10.2 Å². The molecule has 0 aliphatic carbocycles. The van der Waals surface area contributed by atoms with Crippen molar-refractivity contribution >= 4 is 12.6 Å². The van der Waals surface area contributed by atoms with Gasteiger partial charge >= 0.3 is 7.12 Å². The maximum Gasteiger partial charge on any atom is 0.496 e. The average Bonchev–Trinajstić information content (AvgIpc) is 2.52. The fourth-order valence-electron chi connectivity index (χ4n) is 1.44.